The first-order valence-corrected chi connectivity index (χ1v) is 6.37. The van der Waals surface area contributed by atoms with Gasteiger partial charge in [0, 0.05) is 19.0 Å². The van der Waals surface area contributed by atoms with Gasteiger partial charge in [-0.25, -0.2) is 0 Å². The zero-order valence-corrected chi connectivity index (χ0v) is 10.7. The van der Waals surface area contributed by atoms with Crippen molar-refractivity contribution in [2.45, 2.75) is 32.2 Å². The first kappa shape index (κ1) is 12.7. The molecule has 0 amide bonds. The van der Waals surface area contributed by atoms with E-state index in [4.69, 9.17) is 0 Å². The van der Waals surface area contributed by atoms with Crippen molar-refractivity contribution >= 4 is 11.9 Å². The lowest BCUT2D eigenvalue weighted by Crippen LogP contribution is -2.25. The maximum atomic E-state index is 11.2. The molecule has 3 nitrogen and oxygen atoms in total. The third kappa shape index (κ3) is 3.36. The number of aromatic hydroxyl groups is 1. The average Bonchev–Trinajstić information content (AvgIpc) is 2.75. The van der Waals surface area contributed by atoms with Crippen LogP contribution >= 0.6 is 0 Å². The molecule has 96 valence electrons. The fraction of sp³-hybridized carbons (Fsp3) is 0.400. The van der Waals surface area contributed by atoms with Gasteiger partial charge in [0.05, 0.1) is 0 Å². The quantitative estimate of drug-likeness (QED) is 0.886. The molecule has 1 atom stereocenters. The monoisotopic (exact) mass is 245 g/mol. The Balaban J connectivity index is 1.99. The summed E-state index contributed by atoms with van der Waals surface area (Å²) >= 11 is 0. The Morgan fingerprint density at radius 3 is 2.83 bits per heavy atom. The highest BCUT2D eigenvalue weighted by molar-refractivity contribution is 5.76. The Morgan fingerprint density at radius 1 is 1.44 bits per heavy atom. The van der Waals surface area contributed by atoms with Crippen LogP contribution in [0.15, 0.2) is 30.5 Å². The molecule has 1 saturated heterocycles. The Bertz CT molecular complexity index is 436. The number of rotatable bonds is 4. The second-order valence-corrected chi connectivity index (χ2v) is 4.85. The molecule has 1 aliphatic heterocycles. The van der Waals surface area contributed by atoms with Crippen LogP contribution in [0.4, 0.5) is 0 Å². The number of hydrogen-bond acceptors (Lipinski definition) is 3. The van der Waals surface area contributed by atoms with Crippen molar-refractivity contribution in [1.82, 2.24) is 4.90 Å². The van der Waals surface area contributed by atoms with Gasteiger partial charge in [-0.05, 0) is 49.7 Å². The van der Waals surface area contributed by atoms with Gasteiger partial charge >= 0.3 is 0 Å². The van der Waals surface area contributed by atoms with E-state index in [-0.39, 0.29) is 11.5 Å². The lowest BCUT2D eigenvalue weighted by Gasteiger charge is -2.21. The van der Waals surface area contributed by atoms with Gasteiger partial charge in [0.2, 0.25) is 0 Å². The summed E-state index contributed by atoms with van der Waals surface area (Å²) in [7, 11) is 0. The molecular formula is C15H19NO2. The van der Waals surface area contributed by atoms with Crippen molar-refractivity contribution in [1.29, 1.82) is 0 Å². The number of carbonyl (C=O) groups excluding carboxylic acids is 1. The summed E-state index contributed by atoms with van der Waals surface area (Å²) in [5.74, 6) is 0.535. The van der Waals surface area contributed by atoms with Gasteiger partial charge in [0.15, 0.2) is 0 Å². The summed E-state index contributed by atoms with van der Waals surface area (Å²) in [5.41, 5.74) is 1.06. The third-order valence-corrected chi connectivity index (χ3v) is 3.30. The van der Waals surface area contributed by atoms with E-state index in [2.05, 4.69) is 11.1 Å². The van der Waals surface area contributed by atoms with Crippen LogP contribution in [0.1, 0.15) is 31.7 Å². The molecule has 2 rings (SSSR count). The molecule has 1 aromatic rings. The molecule has 0 unspecified atom stereocenters. The molecule has 1 N–H and O–H groups in total. The van der Waals surface area contributed by atoms with Crippen LogP contribution < -0.4 is 0 Å². The molecule has 1 fully saturated rings. The highest BCUT2D eigenvalue weighted by Gasteiger charge is 2.22. The summed E-state index contributed by atoms with van der Waals surface area (Å²) in [6, 6.07) is 7.47. The van der Waals surface area contributed by atoms with Crippen LogP contribution in [-0.4, -0.2) is 28.4 Å². The van der Waals surface area contributed by atoms with Gasteiger partial charge in [-0.3, -0.25) is 4.79 Å². The Labute approximate surface area is 108 Å². The SMILES string of the molecule is CC(=O)C[C@@H]1CCCN1/C=C/c1ccc(O)cc1. The van der Waals surface area contributed by atoms with Crippen LogP contribution in [0.2, 0.25) is 0 Å². The summed E-state index contributed by atoms with van der Waals surface area (Å²) in [4.78, 5) is 13.4. The number of phenols is 1. The first-order valence-electron chi connectivity index (χ1n) is 6.37. The van der Waals surface area contributed by atoms with Crippen LogP contribution in [-0.2, 0) is 4.79 Å². The van der Waals surface area contributed by atoms with E-state index in [0.29, 0.717) is 12.5 Å². The molecule has 0 aliphatic carbocycles. The second-order valence-electron chi connectivity index (χ2n) is 4.85. The smallest absolute Gasteiger partial charge is 0.131 e. The molecule has 3 heteroatoms. The number of phenolic OH excluding ortho intramolecular Hbond substituents is 1. The lowest BCUT2D eigenvalue weighted by molar-refractivity contribution is -0.117. The van der Waals surface area contributed by atoms with E-state index < -0.39 is 0 Å². The van der Waals surface area contributed by atoms with Gasteiger partial charge in [-0.1, -0.05) is 12.1 Å². The summed E-state index contributed by atoms with van der Waals surface area (Å²) in [6.07, 6.45) is 6.97. The minimum Gasteiger partial charge on any atom is -0.508 e. The molecule has 0 saturated carbocycles. The molecule has 1 aromatic carbocycles. The number of Topliss-reactive ketones (excluding diaryl/α,β-unsaturated/α-hetero) is 1. The molecule has 0 radical (unpaired) electrons. The highest BCUT2D eigenvalue weighted by atomic mass is 16.3. The molecule has 0 spiro atoms. The Kier molecular flexibility index (Phi) is 4.03. The van der Waals surface area contributed by atoms with E-state index in [1.165, 1.54) is 0 Å². The molecule has 0 bridgehead atoms. The summed E-state index contributed by atoms with van der Waals surface area (Å²) in [6.45, 7) is 2.67. The predicted molar refractivity (Wildman–Crippen MR) is 72.2 cm³/mol. The number of likely N-dealkylation sites (tertiary alicyclic amines) is 1. The van der Waals surface area contributed by atoms with Crippen molar-refractivity contribution in [2.24, 2.45) is 0 Å². The van der Waals surface area contributed by atoms with E-state index >= 15 is 0 Å². The zero-order valence-electron chi connectivity index (χ0n) is 10.7. The van der Waals surface area contributed by atoms with Gasteiger partial charge in [0.1, 0.15) is 11.5 Å². The van der Waals surface area contributed by atoms with Gasteiger partial charge in [-0.2, -0.15) is 0 Å². The normalized spacial score (nSPS) is 19.6. The van der Waals surface area contributed by atoms with Crippen molar-refractivity contribution < 1.29 is 9.90 Å². The number of nitrogens with zero attached hydrogens (tertiary/aromatic N) is 1. The van der Waals surface area contributed by atoms with E-state index in [1.54, 1.807) is 19.1 Å². The minimum absolute atomic E-state index is 0.255. The fourth-order valence-corrected chi connectivity index (χ4v) is 2.37. The predicted octanol–water partition coefficient (Wildman–Crippen LogP) is 2.81. The zero-order chi connectivity index (χ0) is 13.0. The summed E-state index contributed by atoms with van der Waals surface area (Å²) < 4.78 is 0. The minimum atomic E-state index is 0.255. The van der Waals surface area contributed by atoms with Gasteiger partial charge in [0.25, 0.3) is 0 Å². The highest BCUT2D eigenvalue weighted by Crippen LogP contribution is 2.21. The largest absolute Gasteiger partial charge is 0.508 e. The van der Waals surface area contributed by atoms with Crippen LogP contribution in [0.5, 0.6) is 5.75 Å². The second kappa shape index (κ2) is 5.71. The molecule has 0 aromatic heterocycles. The molecule has 1 heterocycles. The third-order valence-electron chi connectivity index (χ3n) is 3.30. The average molecular weight is 245 g/mol. The molecule has 1 aliphatic rings. The van der Waals surface area contributed by atoms with E-state index in [1.807, 2.05) is 18.2 Å². The van der Waals surface area contributed by atoms with Crippen LogP contribution in [0.25, 0.3) is 6.08 Å². The van der Waals surface area contributed by atoms with Crippen LogP contribution in [0.3, 0.4) is 0 Å². The maximum Gasteiger partial charge on any atom is 0.131 e. The van der Waals surface area contributed by atoms with Gasteiger partial charge in [-0.15, -0.1) is 0 Å². The van der Waals surface area contributed by atoms with Crippen LogP contribution in [0, 0.1) is 0 Å². The van der Waals surface area contributed by atoms with Crippen molar-refractivity contribution in [3.63, 3.8) is 0 Å². The standard InChI is InChI=1S/C15H19NO2/c1-12(17)11-14-3-2-9-16(14)10-8-13-4-6-15(18)7-5-13/h4-8,10,14,18H,2-3,9,11H2,1H3/b10-8+/t14-/m0/s1. The number of ketones is 1. The maximum absolute atomic E-state index is 11.2. The number of benzene rings is 1. The van der Waals surface area contributed by atoms with Gasteiger partial charge < -0.3 is 10.0 Å². The molecular weight excluding hydrogens is 226 g/mol. The Hall–Kier alpha value is -1.77. The lowest BCUT2D eigenvalue weighted by atomic mass is 10.1. The van der Waals surface area contributed by atoms with E-state index in [0.717, 1.165) is 24.9 Å². The fourth-order valence-electron chi connectivity index (χ4n) is 2.37. The van der Waals surface area contributed by atoms with E-state index in [9.17, 15) is 9.90 Å². The summed E-state index contributed by atoms with van der Waals surface area (Å²) in [5, 5.41) is 9.21. The number of carbonyl (C=O) groups is 1. The number of hydrogen-bond donors (Lipinski definition) is 1. The van der Waals surface area contributed by atoms with Crippen molar-refractivity contribution in [2.75, 3.05) is 6.54 Å². The van der Waals surface area contributed by atoms with Crippen molar-refractivity contribution in [3.8, 4) is 5.75 Å². The van der Waals surface area contributed by atoms with Crippen molar-refractivity contribution in [3.05, 3.63) is 36.0 Å². The first-order chi connectivity index (χ1) is 8.65. The Morgan fingerprint density at radius 2 is 2.17 bits per heavy atom. The molecule has 18 heavy (non-hydrogen) atoms. The topological polar surface area (TPSA) is 40.5 Å².